The Morgan fingerprint density at radius 3 is 2.39 bits per heavy atom. The molecule has 0 saturated heterocycles. The molecule has 5 nitrogen and oxygen atoms in total. The van der Waals surface area contributed by atoms with Crippen LogP contribution in [0.2, 0.25) is 0 Å². The van der Waals surface area contributed by atoms with Crippen LogP contribution in [0.3, 0.4) is 0 Å². The summed E-state index contributed by atoms with van der Waals surface area (Å²) in [5.74, 6) is 0.411. The summed E-state index contributed by atoms with van der Waals surface area (Å²) in [6, 6.07) is 0.310. The second-order valence-electron chi connectivity index (χ2n) is 5.07. The number of carbonyl (C=O) groups excluding carboxylic acids is 2. The van der Waals surface area contributed by atoms with Gasteiger partial charge in [-0.2, -0.15) is 0 Å². The largest absolute Gasteiger partial charge is 0.358 e. The second kappa shape index (κ2) is 7.36. The van der Waals surface area contributed by atoms with Gasteiger partial charge in [-0.3, -0.25) is 9.59 Å². The van der Waals surface area contributed by atoms with Gasteiger partial charge in [0, 0.05) is 26.1 Å². The van der Waals surface area contributed by atoms with Crippen LogP contribution in [0.25, 0.3) is 0 Å². The summed E-state index contributed by atoms with van der Waals surface area (Å²) in [6.07, 6.45) is 4.64. The number of amides is 2. The first kappa shape index (κ1) is 15.0. The fourth-order valence-electron chi connectivity index (χ4n) is 2.40. The van der Waals surface area contributed by atoms with Crippen LogP contribution in [0.1, 0.15) is 39.0 Å². The molecule has 0 aromatic carbocycles. The van der Waals surface area contributed by atoms with Gasteiger partial charge >= 0.3 is 0 Å². The summed E-state index contributed by atoms with van der Waals surface area (Å²) in [4.78, 5) is 25.0. The summed E-state index contributed by atoms with van der Waals surface area (Å²) in [5, 5.41) is 2.54. The Labute approximate surface area is 109 Å². The van der Waals surface area contributed by atoms with Crippen LogP contribution in [0.5, 0.6) is 0 Å². The van der Waals surface area contributed by atoms with Crippen molar-refractivity contribution in [3.05, 3.63) is 0 Å². The highest BCUT2D eigenvalue weighted by atomic mass is 16.2. The van der Waals surface area contributed by atoms with Gasteiger partial charge in [-0.15, -0.1) is 0 Å². The number of hydrogen-bond acceptors (Lipinski definition) is 3. The van der Waals surface area contributed by atoms with Gasteiger partial charge in [0.1, 0.15) is 0 Å². The lowest BCUT2D eigenvalue weighted by molar-refractivity contribution is -0.136. The molecule has 1 rings (SSSR count). The van der Waals surface area contributed by atoms with E-state index in [2.05, 4.69) is 5.32 Å². The third-order valence-corrected chi connectivity index (χ3v) is 3.70. The number of carbonyl (C=O) groups is 2. The van der Waals surface area contributed by atoms with E-state index in [1.807, 2.05) is 6.92 Å². The van der Waals surface area contributed by atoms with Gasteiger partial charge in [0.05, 0.1) is 6.54 Å². The topological polar surface area (TPSA) is 75.4 Å². The number of nitrogens with two attached hydrogens (primary N) is 1. The third-order valence-electron chi connectivity index (χ3n) is 3.70. The van der Waals surface area contributed by atoms with Gasteiger partial charge in [0.2, 0.25) is 11.8 Å². The van der Waals surface area contributed by atoms with Crippen molar-refractivity contribution in [2.45, 2.75) is 45.1 Å². The maximum Gasteiger partial charge on any atom is 0.239 e. The molecule has 0 heterocycles. The molecular weight excluding hydrogens is 230 g/mol. The minimum atomic E-state index is -0.115. The van der Waals surface area contributed by atoms with Crippen molar-refractivity contribution in [3.63, 3.8) is 0 Å². The lowest BCUT2D eigenvalue weighted by Crippen LogP contribution is -2.40. The predicted molar refractivity (Wildman–Crippen MR) is 70.9 cm³/mol. The molecule has 0 aliphatic heterocycles. The first-order valence-corrected chi connectivity index (χ1v) is 6.80. The van der Waals surface area contributed by atoms with E-state index in [-0.39, 0.29) is 18.4 Å². The van der Waals surface area contributed by atoms with Gasteiger partial charge in [0.25, 0.3) is 0 Å². The molecule has 0 aromatic rings. The molecule has 0 atom stereocenters. The maximum absolute atomic E-state index is 12.1. The fourth-order valence-corrected chi connectivity index (χ4v) is 2.40. The zero-order valence-electron chi connectivity index (χ0n) is 11.4. The molecule has 1 aliphatic carbocycles. The number of likely N-dealkylation sites (N-methyl/N-ethyl adjacent to an activating group) is 2. The van der Waals surface area contributed by atoms with E-state index in [9.17, 15) is 9.59 Å². The maximum atomic E-state index is 12.1. The van der Waals surface area contributed by atoms with Crippen LogP contribution >= 0.6 is 0 Å². The Morgan fingerprint density at radius 2 is 1.89 bits per heavy atom. The van der Waals surface area contributed by atoms with Crippen LogP contribution < -0.4 is 11.1 Å². The number of nitrogens with one attached hydrogen (secondary N) is 1. The minimum Gasteiger partial charge on any atom is -0.358 e. The lowest BCUT2D eigenvalue weighted by Gasteiger charge is -2.28. The van der Waals surface area contributed by atoms with E-state index in [0.29, 0.717) is 24.9 Å². The van der Waals surface area contributed by atoms with Crippen molar-refractivity contribution >= 4 is 11.8 Å². The van der Waals surface area contributed by atoms with Gasteiger partial charge in [0.15, 0.2) is 0 Å². The monoisotopic (exact) mass is 255 g/mol. The Balaban J connectivity index is 2.39. The number of nitrogens with zero attached hydrogens (tertiary/aromatic N) is 1. The Bertz CT molecular complexity index is 286. The molecule has 0 radical (unpaired) electrons. The van der Waals surface area contributed by atoms with Gasteiger partial charge in [-0.05, 0) is 38.5 Å². The molecule has 104 valence electrons. The van der Waals surface area contributed by atoms with E-state index in [1.54, 1.807) is 11.9 Å². The molecule has 1 saturated carbocycles. The number of rotatable bonds is 5. The minimum absolute atomic E-state index is 0.0848. The van der Waals surface area contributed by atoms with Crippen molar-refractivity contribution in [1.29, 1.82) is 0 Å². The van der Waals surface area contributed by atoms with Crippen molar-refractivity contribution in [2.24, 2.45) is 11.7 Å². The highest BCUT2D eigenvalue weighted by Crippen LogP contribution is 2.26. The molecule has 0 unspecified atom stereocenters. The summed E-state index contributed by atoms with van der Waals surface area (Å²) in [6.45, 7) is 2.65. The van der Waals surface area contributed by atoms with Crippen molar-refractivity contribution < 1.29 is 9.59 Å². The smallest absolute Gasteiger partial charge is 0.239 e. The van der Waals surface area contributed by atoms with Gasteiger partial charge in [-0.1, -0.05) is 0 Å². The standard InChI is InChI=1S/C13H25N3O2/c1-3-16(9-12(17)15-2)13(18)8-10-4-6-11(14)7-5-10/h10-11H,3-9,14H2,1-2H3,(H,15,17). The van der Waals surface area contributed by atoms with E-state index in [1.165, 1.54) is 0 Å². The average molecular weight is 255 g/mol. The lowest BCUT2D eigenvalue weighted by atomic mass is 9.84. The van der Waals surface area contributed by atoms with Crippen LogP contribution in [-0.2, 0) is 9.59 Å². The third kappa shape index (κ3) is 4.64. The summed E-state index contributed by atoms with van der Waals surface area (Å²) in [5.41, 5.74) is 5.85. The fraction of sp³-hybridized carbons (Fsp3) is 0.846. The molecule has 3 N–H and O–H groups in total. The normalized spacial score (nSPS) is 23.5. The molecule has 1 aliphatic rings. The van der Waals surface area contributed by atoms with Gasteiger partial charge < -0.3 is 16.0 Å². The summed E-state index contributed by atoms with van der Waals surface area (Å²) in [7, 11) is 1.59. The average Bonchev–Trinajstić information content (AvgIpc) is 2.38. The zero-order chi connectivity index (χ0) is 13.5. The molecule has 0 aromatic heterocycles. The van der Waals surface area contributed by atoms with Crippen LogP contribution in [0.15, 0.2) is 0 Å². The Morgan fingerprint density at radius 1 is 1.28 bits per heavy atom. The van der Waals surface area contributed by atoms with Crippen molar-refractivity contribution in [1.82, 2.24) is 10.2 Å². The SMILES string of the molecule is CCN(CC(=O)NC)C(=O)CC1CCC(N)CC1. The molecule has 0 spiro atoms. The van der Waals surface area contributed by atoms with Crippen LogP contribution in [0, 0.1) is 5.92 Å². The van der Waals surface area contributed by atoms with E-state index in [0.717, 1.165) is 25.7 Å². The summed E-state index contributed by atoms with van der Waals surface area (Å²) >= 11 is 0. The molecular formula is C13H25N3O2. The molecule has 2 amide bonds. The quantitative estimate of drug-likeness (QED) is 0.750. The summed E-state index contributed by atoms with van der Waals surface area (Å²) < 4.78 is 0. The first-order chi connectivity index (χ1) is 8.56. The van der Waals surface area contributed by atoms with E-state index >= 15 is 0 Å². The van der Waals surface area contributed by atoms with Gasteiger partial charge in [-0.25, -0.2) is 0 Å². The Kier molecular flexibility index (Phi) is 6.12. The predicted octanol–water partition coefficient (Wildman–Crippen LogP) is 0.489. The molecule has 1 fully saturated rings. The van der Waals surface area contributed by atoms with Crippen LogP contribution in [-0.4, -0.2) is 42.9 Å². The molecule has 5 heteroatoms. The first-order valence-electron chi connectivity index (χ1n) is 6.80. The highest BCUT2D eigenvalue weighted by molar-refractivity contribution is 5.84. The molecule has 18 heavy (non-hydrogen) atoms. The number of hydrogen-bond donors (Lipinski definition) is 2. The highest BCUT2D eigenvalue weighted by Gasteiger charge is 2.23. The zero-order valence-corrected chi connectivity index (χ0v) is 11.4. The van der Waals surface area contributed by atoms with Crippen LogP contribution in [0.4, 0.5) is 0 Å². The Hall–Kier alpha value is -1.10. The van der Waals surface area contributed by atoms with Crippen molar-refractivity contribution in [3.8, 4) is 0 Å². The molecule has 0 bridgehead atoms. The van der Waals surface area contributed by atoms with Crippen molar-refractivity contribution in [2.75, 3.05) is 20.1 Å². The van der Waals surface area contributed by atoms with E-state index < -0.39 is 0 Å². The van der Waals surface area contributed by atoms with E-state index in [4.69, 9.17) is 5.73 Å². The second-order valence-corrected chi connectivity index (χ2v) is 5.07.